The number of hydrogen-bond donors (Lipinski definition) is 0. The van der Waals surface area contributed by atoms with Crippen LogP contribution in [0.25, 0.3) is 17.3 Å². The molecule has 0 aliphatic heterocycles. The van der Waals surface area contributed by atoms with E-state index >= 15 is 0 Å². The van der Waals surface area contributed by atoms with Crippen molar-refractivity contribution in [2.24, 2.45) is 0 Å². The lowest BCUT2D eigenvalue weighted by molar-refractivity contribution is -0.137. The molecule has 0 spiro atoms. The fourth-order valence-corrected chi connectivity index (χ4v) is 4.23. The third-order valence-corrected chi connectivity index (χ3v) is 6.05. The predicted octanol–water partition coefficient (Wildman–Crippen LogP) is 4.88. The Morgan fingerprint density at radius 3 is 2.42 bits per heavy atom. The summed E-state index contributed by atoms with van der Waals surface area (Å²) in [5, 5.41) is -0.708. The molecule has 0 aliphatic carbocycles. The summed E-state index contributed by atoms with van der Waals surface area (Å²) >= 11 is 0. The number of pyridine rings is 2. The van der Waals surface area contributed by atoms with E-state index in [0.29, 0.717) is 10.4 Å². The summed E-state index contributed by atoms with van der Waals surface area (Å²) in [6.07, 6.45) is -3.68. The predicted molar refractivity (Wildman–Crippen MR) is 110 cm³/mol. The number of nitrogens with zero attached hydrogens (tertiary/aromatic N) is 3. The van der Waals surface area contributed by atoms with Crippen LogP contribution in [-0.2, 0) is 20.9 Å². The van der Waals surface area contributed by atoms with Crippen LogP contribution in [0.15, 0.2) is 60.1 Å². The highest BCUT2D eigenvalue weighted by molar-refractivity contribution is 7.92. The second kappa shape index (κ2) is 9.24. The molecule has 33 heavy (non-hydrogen) atoms. The monoisotopic (exact) mass is 485 g/mol. The highest BCUT2D eigenvalue weighted by Gasteiger charge is 2.37. The maximum atomic E-state index is 13.9. The van der Waals surface area contributed by atoms with Crippen molar-refractivity contribution in [2.45, 2.75) is 11.2 Å². The van der Waals surface area contributed by atoms with Gasteiger partial charge in [-0.2, -0.15) is 26.0 Å². The van der Waals surface area contributed by atoms with Gasteiger partial charge in [0.05, 0.1) is 11.3 Å². The molecule has 1 aromatic carbocycles. The smallest absolute Gasteiger partial charge is 0.363 e. The number of aromatic nitrogens is 2. The number of alkyl halides is 3. The van der Waals surface area contributed by atoms with E-state index in [9.17, 15) is 30.4 Å². The van der Waals surface area contributed by atoms with Gasteiger partial charge in [0.2, 0.25) is 5.95 Å². The van der Waals surface area contributed by atoms with Crippen LogP contribution in [-0.4, -0.2) is 32.2 Å². The first kappa shape index (κ1) is 24.3. The molecule has 174 valence electrons. The average Bonchev–Trinajstić information content (AvgIpc) is 2.76. The molecule has 0 saturated heterocycles. The number of hydrogen-bond acceptors (Lipinski definition) is 5. The van der Waals surface area contributed by atoms with E-state index in [0.717, 1.165) is 43.5 Å². The summed E-state index contributed by atoms with van der Waals surface area (Å²) < 4.78 is 100. The minimum absolute atomic E-state index is 0.138. The molecule has 0 saturated carbocycles. The van der Waals surface area contributed by atoms with E-state index in [1.54, 1.807) is 0 Å². The van der Waals surface area contributed by atoms with Crippen LogP contribution in [0.1, 0.15) is 11.1 Å². The summed E-state index contributed by atoms with van der Waals surface area (Å²) in [5.74, 6) is -2.39. The zero-order valence-corrected chi connectivity index (χ0v) is 17.8. The van der Waals surface area contributed by atoms with Crippen LogP contribution < -0.4 is 4.31 Å². The van der Waals surface area contributed by atoms with Gasteiger partial charge in [-0.1, -0.05) is 24.8 Å². The van der Waals surface area contributed by atoms with Gasteiger partial charge < -0.3 is 4.74 Å². The van der Waals surface area contributed by atoms with Crippen molar-refractivity contribution in [3.8, 4) is 11.3 Å². The lowest BCUT2D eigenvalue weighted by atomic mass is 9.99. The molecular formula is C21H16F5N3O3S. The second-order valence-corrected chi connectivity index (χ2v) is 8.38. The topological polar surface area (TPSA) is 72.4 Å². The molecule has 0 radical (unpaired) electrons. The third-order valence-electron chi connectivity index (χ3n) is 4.42. The molecule has 0 N–H and O–H groups in total. The number of methoxy groups -OCH3 is 1. The Hall–Kier alpha value is -3.38. The van der Waals surface area contributed by atoms with Crippen LogP contribution in [0.4, 0.5) is 27.8 Å². The van der Waals surface area contributed by atoms with Gasteiger partial charge in [-0.05, 0) is 42.0 Å². The molecular weight excluding hydrogens is 469 g/mol. The zero-order valence-electron chi connectivity index (χ0n) is 17.0. The highest BCUT2D eigenvalue weighted by atomic mass is 32.2. The van der Waals surface area contributed by atoms with E-state index in [4.69, 9.17) is 4.74 Å². The normalized spacial score (nSPS) is 11.9. The average molecular weight is 485 g/mol. The molecule has 2 aromatic heterocycles. The largest absolute Gasteiger partial charge is 0.418 e. The van der Waals surface area contributed by atoms with Gasteiger partial charge in [-0.15, -0.1) is 0 Å². The Balaban J connectivity index is 2.28. The second-order valence-electron chi connectivity index (χ2n) is 6.57. The molecule has 3 aromatic rings. The minimum atomic E-state index is -4.89. The van der Waals surface area contributed by atoms with E-state index in [1.165, 1.54) is 12.1 Å². The maximum Gasteiger partial charge on any atom is 0.418 e. The van der Waals surface area contributed by atoms with Crippen LogP contribution in [0.5, 0.6) is 0 Å². The Kier molecular flexibility index (Phi) is 6.79. The van der Waals surface area contributed by atoms with E-state index in [1.807, 2.05) is 0 Å². The standard InChI is InChI=1S/C21H16F5N3O3S/c1-3-13-7-8-14(22)11-15(13)20-16(21(24,25)26)9-10-18(28-20)29(12-32-2)33(30,31)19-6-4-5-17(23)27-19/h3-11H,1,12H2,2H3. The number of halogens is 5. The maximum absolute atomic E-state index is 13.9. The first-order valence-corrected chi connectivity index (χ1v) is 10.6. The number of sulfonamides is 1. The van der Waals surface area contributed by atoms with Crippen molar-refractivity contribution in [1.82, 2.24) is 9.97 Å². The van der Waals surface area contributed by atoms with Crippen LogP contribution in [0.3, 0.4) is 0 Å². The van der Waals surface area contributed by atoms with Gasteiger partial charge in [0.1, 0.15) is 18.4 Å². The Morgan fingerprint density at radius 2 is 1.82 bits per heavy atom. The quantitative estimate of drug-likeness (QED) is 0.271. The SMILES string of the molecule is C=Cc1ccc(F)cc1-c1nc(N(COC)S(=O)(=O)c2cccc(F)n2)ccc1C(F)(F)F. The van der Waals surface area contributed by atoms with E-state index < -0.39 is 56.8 Å². The van der Waals surface area contributed by atoms with Crippen LogP contribution in [0.2, 0.25) is 0 Å². The van der Waals surface area contributed by atoms with Crippen molar-refractivity contribution in [1.29, 1.82) is 0 Å². The molecule has 6 nitrogen and oxygen atoms in total. The van der Waals surface area contributed by atoms with Gasteiger partial charge in [-0.3, -0.25) is 0 Å². The molecule has 12 heteroatoms. The first-order chi connectivity index (χ1) is 15.5. The Labute approximate surface area is 186 Å². The number of rotatable bonds is 7. The first-order valence-electron chi connectivity index (χ1n) is 9.14. The van der Waals surface area contributed by atoms with Crippen molar-refractivity contribution in [3.63, 3.8) is 0 Å². The summed E-state index contributed by atoms with van der Waals surface area (Å²) in [5.41, 5.74) is -2.06. The molecule has 0 fully saturated rings. The number of anilines is 1. The van der Waals surface area contributed by atoms with Crippen molar-refractivity contribution in [3.05, 3.63) is 78.0 Å². The molecule has 0 atom stereocenters. The van der Waals surface area contributed by atoms with Crippen molar-refractivity contribution < 1.29 is 35.1 Å². The summed E-state index contributed by atoms with van der Waals surface area (Å²) in [6.45, 7) is 2.84. The van der Waals surface area contributed by atoms with Crippen molar-refractivity contribution >= 4 is 21.9 Å². The van der Waals surface area contributed by atoms with Crippen LogP contribution in [0, 0.1) is 11.8 Å². The highest BCUT2D eigenvalue weighted by Crippen LogP contribution is 2.39. The molecule has 0 bridgehead atoms. The van der Waals surface area contributed by atoms with E-state index in [2.05, 4.69) is 16.5 Å². The van der Waals surface area contributed by atoms with Crippen LogP contribution >= 0.6 is 0 Å². The van der Waals surface area contributed by atoms with Gasteiger partial charge in [0.15, 0.2) is 5.03 Å². The lowest BCUT2D eigenvalue weighted by Crippen LogP contribution is -2.34. The fourth-order valence-electron chi connectivity index (χ4n) is 2.96. The summed E-state index contributed by atoms with van der Waals surface area (Å²) in [7, 11) is -3.44. The van der Waals surface area contributed by atoms with Crippen molar-refractivity contribution in [2.75, 3.05) is 18.1 Å². The Bertz CT molecular complexity index is 1300. The van der Waals surface area contributed by atoms with Gasteiger partial charge in [-0.25, -0.2) is 18.7 Å². The number of ether oxygens (including phenoxy) is 1. The Morgan fingerprint density at radius 1 is 1.09 bits per heavy atom. The van der Waals surface area contributed by atoms with Gasteiger partial charge in [0.25, 0.3) is 10.0 Å². The molecule has 3 rings (SSSR count). The summed E-state index contributed by atoms with van der Waals surface area (Å²) in [6, 6.07) is 7.56. The minimum Gasteiger partial charge on any atom is -0.363 e. The summed E-state index contributed by atoms with van der Waals surface area (Å²) in [4.78, 5) is 7.23. The van der Waals surface area contributed by atoms with E-state index in [-0.39, 0.29) is 11.1 Å². The fraction of sp³-hybridized carbons (Fsp3) is 0.143. The number of benzene rings is 1. The lowest BCUT2D eigenvalue weighted by Gasteiger charge is -2.24. The van der Waals surface area contributed by atoms with Gasteiger partial charge >= 0.3 is 6.18 Å². The zero-order chi connectivity index (χ0) is 24.4. The molecule has 2 heterocycles. The molecule has 0 amide bonds. The molecule has 0 unspecified atom stereocenters. The molecule has 0 aliphatic rings. The third kappa shape index (κ3) is 5.01. The van der Waals surface area contributed by atoms with Gasteiger partial charge in [0, 0.05) is 12.7 Å².